The Bertz CT molecular complexity index is 1060. The van der Waals surface area contributed by atoms with E-state index in [9.17, 15) is 9.18 Å². The van der Waals surface area contributed by atoms with E-state index in [1.54, 1.807) is 23.0 Å². The van der Waals surface area contributed by atoms with E-state index in [1.807, 2.05) is 31.3 Å². The van der Waals surface area contributed by atoms with Crippen molar-refractivity contribution in [3.63, 3.8) is 0 Å². The standard InChI is InChI=1S/C24H27FN4O3/c1-28-22(7-8-26-28)21-17-20(27-24(30)16-18-3-2-4-19(25)15-18)5-6-23(21)32-14-11-29-9-12-31-13-10-29/h2-8,15,17H,9-14,16H2,1H3,(H,27,30). The number of amides is 1. The van der Waals surface area contributed by atoms with Crippen LogP contribution in [0.4, 0.5) is 10.1 Å². The predicted molar refractivity (Wildman–Crippen MR) is 120 cm³/mol. The van der Waals surface area contributed by atoms with E-state index in [2.05, 4.69) is 15.3 Å². The van der Waals surface area contributed by atoms with Crippen LogP contribution in [0.25, 0.3) is 11.3 Å². The van der Waals surface area contributed by atoms with Crippen LogP contribution in [0.15, 0.2) is 54.7 Å². The number of benzene rings is 2. The first-order valence-electron chi connectivity index (χ1n) is 10.7. The quantitative estimate of drug-likeness (QED) is 0.585. The fourth-order valence-electron chi connectivity index (χ4n) is 3.72. The molecule has 1 fully saturated rings. The Balaban J connectivity index is 1.46. The van der Waals surface area contributed by atoms with Crippen molar-refractivity contribution in [1.29, 1.82) is 0 Å². The molecule has 2 heterocycles. The Morgan fingerprint density at radius 3 is 2.78 bits per heavy atom. The summed E-state index contributed by atoms with van der Waals surface area (Å²) in [6.45, 7) is 4.70. The SMILES string of the molecule is Cn1nccc1-c1cc(NC(=O)Cc2cccc(F)c2)ccc1OCCN1CCOCC1. The molecule has 2 aromatic carbocycles. The van der Waals surface area contributed by atoms with Gasteiger partial charge in [-0.15, -0.1) is 0 Å². The molecule has 0 atom stereocenters. The van der Waals surface area contributed by atoms with Gasteiger partial charge in [0.05, 0.1) is 25.3 Å². The topological polar surface area (TPSA) is 68.6 Å². The Morgan fingerprint density at radius 1 is 1.19 bits per heavy atom. The molecule has 8 heteroatoms. The van der Waals surface area contributed by atoms with Gasteiger partial charge in [-0.05, 0) is 42.0 Å². The molecular weight excluding hydrogens is 411 g/mol. The molecule has 7 nitrogen and oxygen atoms in total. The van der Waals surface area contributed by atoms with Crippen molar-refractivity contribution in [1.82, 2.24) is 14.7 Å². The third-order valence-corrected chi connectivity index (χ3v) is 5.38. The smallest absolute Gasteiger partial charge is 0.228 e. The number of nitrogens with one attached hydrogen (secondary N) is 1. The van der Waals surface area contributed by atoms with E-state index < -0.39 is 0 Å². The van der Waals surface area contributed by atoms with Crippen LogP contribution >= 0.6 is 0 Å². The molecule has 1 aliphatic rings. The number of nitrogens with zero attached hydrogens (tertiary/aromatic N) is 3. The highest BCUT2D eigenvalue weighted by Crippen LogP contribution is 2.32. The average Bonchev–Trinajstić information content (AvgIpc) is 3.21. The molecule has 0 radical (unpaired) electrons. The normalized spacial score (nSPS) is 14.3. The Kier molecular flexibility index (Phi) is 7.14. The third-order valence-electron chi connectivity index (χ3n) is 5.38. The van der Waals surface area contributed by atoms with Gasteiger partial charge in [0.15, 0.2) is 0 Å². The van der Waals surface area contributed by atoms with Crippen molar-refractivity contribution < 1.29 is 18.7 Å². The van der Waals surface area contributed by atoms with Crippen LogP contribution < -0.4 is 10.1 Å². The summed E-state index contributed by atoms with van der Waals surface area (Å²) in [7, 11) is 1.86. The van der Waals surface area contributed by atoms with Gasteiger partial charge in [-0.25, -0.2) is 4.39 Å². The minimum atomic E-state index is -0.354. The fraction of sp³-hybridized carbons (Fsp3) is 0.333. The second-order valence-electron chi connectivity index (χ2n) is 7.71. The van der Waals surface area contributed by atoms with Crippen LogP contribution in [0.1, 0.15) is 5.56 Å². The zero-order valence-electron chi connectivity index (χ0n) is 18.1. The first-order chi connectivity index (χ1) is 15.6. The maximum atomic E-state index is 13.4. The van der Waals surface area contributed by atoms with E-state index in [0.29, 0.717) is 17.9 Å². The molecular formula is C24H27FN4O3. The van der Waals surface area contributed by atoms with E-state index in [4.69, 9.17) is 9.47 Å². The molecule has 32 heavy (non-hydrogen) atoms. The van der Waals surface area contributed by atoms with Crippen molar-refractivity contribution in [2.75, 3.05) is 44.8 Å². The van der Waals surface area contributed by atoms with Gasteiger partial charge in [-0.2, -0.15) is 5.10 Å². The van der Waals surface area contributed by atoms with Crippen molar-refractivity contribution in [3.05, 3.63) is 66.1 Å². The fourth-order valence-corrected chi connectivity index (χ4v) is 3.72. The molecule has 1 amide bonds. The lowest BCUT2D eigenvalue weighted by molar-refractivity contribution is -0.115. The molecule has 4 rings (SSSR count). The number of ether oxygens (including phenoxy) is 2. The molecule has 1 saturated heterocycles. The minimum absolute atomic E-state index is 0.0939. The highest BCUT2D eigenvalue weighted by molar-refractivity contribution is 5.93. The van der Waals surface area contributed by atoms with Crippen molar-refractivity contribution in [2.45, 2.75) is 6.42 Å². The number of hydrogen-bond acceptors (Lipinski definition) is 5. The summed E-state index contributed by atoms with van der Waals surface area (Å²) in [5, 5.41) is 7.16. The number of carbonyl (C=O) groups is 1. The zero-order chi connectivity index (χ0) is 22.3. The van der Waals surface area contributed by atoms with Gasteiger partial charge < -0.3 is 14.8 Å². The van der Waals surface area contributed by atoms with Crippen molar-refractivity contribution in [2.24, 2.45) is 7.05 Å². The van der Waals surface area contributed by atoms with Gasteiger partial charge in [-0.1, -0.05) is 12.1 Å². The maximum absolute atomic E-state index is 13.4. The van der Waals surface area contributed by atoms with E-state index in [0.717, 1.165) is 49.9 Å². The molecule has 1 aromatic heterocycles. The molecule has 0 bridgehead atoms. The molecule has 0 aliphatic carbocycles. The summed E-state index contributed by atoms with van der Waals surface area (Å²) < 4.78 is 26.7. The Hall–Kier alpha value is -3.23. The summed E-state index contributed by atoms with van der Waals surface area (Å²) >= 11 is 0. The third kappa shape index (κ3) is 5.72. The van der Waals surface area contributed by atoms with Crippen LogP contribution in [0, 0.1) is 5.82 Å². The molecule has 1 N–H and O–H groups in total. The summed E-state index contributed by atoms with van der Waals surface area (Å²) in [4.78, 5) is 14.8. The van der Waals surface area contributed by atoms with Gasteiger partial charge in [0.1, 0.15) is 18.2 Å². The Labute approximate surface area is 186 Å². The number of rotatable bonds is 8. The van der Waals surface area contributed by atoms with Gasteiger partial charge in [0.25, 0.3) is 0 Å². The number of carbonyl (C=O) groups excluding carboxylic acids is 1. The number of halogens is 1. The van der Waals surface area contributed by atoms with E-state index >= 15 is 0 Å². The summed E-state index contributed by atoms with van der Waals surface area (Å²) in [5.41, 5.74) is 2.99. The Morgan fingerprint density at radius 2 is 2.03 bits per heavy atom. The number of morpholine rings is 1. The van der Waals surface area contributed by atoms with Gasteiger partial charge >= 0.3 is 0 Å². The minimum Gasteiger partial charge on any atom is -0.492 e. The second-order valence-corrected chi connectivity index (χ2v) is 7.71. The van der Waals surface area contributed by atoms with Crippen LogP contribution in [0.5, 0.6) is 5.75 Å². The molecule has 0 saturated carbocycles. The number of aryl methyl sites for hydroxylation is 1. The average molecular weight is 439 g/mol. The lowest BCUT2D eigenvalue weighted by Gasteiger charge is -2.26. The van der Waals surface area contributed by atoms with Crippen molar-refractivity contribution >= 4 is 11.6 Å². The highest BCUT2D eigenvalue weighted by Gasteiger charge is 2.15. The monoisotopic (exact) mass is 438 g/mol. The first kappa shape index (κ1) is 22.0. The lowest BCUT2D eigenvalue weighted by atomic mass is 10.1. The largest absolute Gasteiger partial charge is 0.492 e. The van der Waals surface area contributed by atoms with Gasteiger partial charge in [0, 0.05) is 44.1 Å². The highest BCUT2D eigenvalue weighted by atomic mass is 19.1. The molecule has 1 aliphatic heterocycles. The predicted octanol–water partition coefficient (Wildman–Crippen LogP) is 3.12. The maximum Gasteiger partial charge on any atom is 0.228 e. The zero-order valence-corrected chi connectivity index (χ0v) is 18.1. The van der Waals surface area contributed by atoms with Crippen LogP contribution in [0.3, 0.4) is 0 Å². The molecule has 0 spiro atoms. The van der Waals surface area contributed by atoms with E-state index in [1.165, 1.54) is 12.1 Å². The number of hydrogen-bond donors (Lipinski definition) is 1. The van der Waals surface area contributed by atoms with Crippen LogP contribution in [-0.2, 0) is 23.0 Å². The number of aromatic nitrogens is 2. The van der Waals surface area contributed by atoms with Crippen LogP contribution in [-0.4, -0.2) is 60.0 Å². The molecule has 3 aromatic rings. The summed E-state index contributed by atoms with van der Waals surface area (Å²) in [6.07, 6.45) is 1.82. The lowest BCUT2D eigenvalue weighted by Crippen LogP contribution is -2.38. The second kappa shape index (κ2) is 10.4. The number of anilines is 1. The van der Waals surface area contributed by atoms with Crippen molar-refractivity contribution in [3.8, 4) is 17.0 Å². The van der Waals surface area contributed by atoms with Gasteiger partial charge in [-0.3, -0.25) is 14.4 Å². The summed E-state index contributed by atoms with van der Waals surface area (Å²) in [6, 6.07) is 13.5. The molecule has 168 valence electrons. The van der Waals surface area contributed by atoms with E-state index in [-0.39, 0.29) is 18.1 Å². The first-order valence-corrected chi connectivity index (χ1v) is 10.7. The molecule has 0 unspecified atom stereocenters. The summed E-state index contributed by atoms with van der Waals surface area (Å²) in [5.74, 6) is 0.157. The van der Waals surface area contributed by atoms with Gasteiger partial charge in [0.2, 0.25) is 5.91 Å². The van der Waals surface area contributed by atoms with Crippen LogP contribution in [0.2, 0.25) is 0 Å².